The Kier molecular flexibility index (Phi) is 7.22. The van der Waals surface area contributed by atoms with Crippen molar-refractivity contribution >= 4 is 34.3 Å². The minimum absolute atomic E-state index is 0.0436. The van der Waals surface area contributed by atoms with Crippen molar-refractivity contribution < 1.29 is 19.4 Å². The summed E-state index contributed by atoms with van der Waals surface area (Å²) >= 11 is 6.18. The van der Waals surface area contributed by atoms with E-state index < -0.39 is 5.97 Å². The highest BCUT2D eigenvalue weighted by molar-refractivity contribution is 6.31. The number of ketones is 1. The molecule has 9 heteroatoms. The van der Waals surface area contributed by atoms with E-state index in [1.807, 2.05) is 0 Å². The molecule has 0 aliphatic rings. The highest BCUT2D eigenvalue weighted by Gasteiger charge is 2.12. The number of hydrogen-bond acceptors (Lipinski definition) is 6. The molecule has 178 valence electrons. The Balaban J connectivity index is 1.55. The van der Waals surface area contributed by atoms with Crippen LogP contribution >= 0.6 is 11.6 Å². The van der Waals surface area contributed by atoms with Gasteiger partial charge in [0.15, 0.2) is 0 Å². The fraction of sp³-hybridized carbons (Fsp3) is 0.192. The van der Waals surface area contributed by atoms with Gasteiger partial charge in [-0.3, -0.25) is 19.1 Å². The minimum Gasteiger partial charge on any atom is -0.491 e. The molecule has 8 nitrogen and oxygen atoms in total. The van der Waals surface area contributed by atoms with Crippen LogP contribution in [0.25, 0.3) is 22.0 Å². The number of carbonyl (C=O) groups excluding carboxylic acids is 1. The summed E-state index contributed by atoms with van der Waals surface area (Å²) in [4.78, 5) is 44.6. The molecule has 1 N–H and O–H groups in total. The summed E-state index contributed by atoms with van der Waals surface area (Å²) in [6, 6.07) is 13.2. The third-order valence-electron chi connectivity index (χ3n) is 5.49. The Hall–Kier alpha value is -4.04. The van der Waals surface area contributed by atoms with E-state index in [-0.39, 0.29) is 36.5 Å². The molecule has 0 aliphatic heterocycles. The zero-order chi connectivity index (χ0) is 24.9. The van der Waals surface area contributed by atoms with Crippen molar-refractivity contribution in [2.75, 3.05) is 6.61 Å². The standard InChI is InChI=1S/C26H22ClN3O5/c1-2-20(31)12-19-13-22-23(14-28-19)29-15-30(25(22)32)8-9-35-24-7-6-18(27)11-21(24)16-4-3-5-17(10-16)26(33)34/h3-7,10-11,13-15H,2,8-9,12H2,1H3,(H,33,34). The van der Waals surface area contributed by atoms with E-state index in [1.165, 1.54) is 23.2 Å². The fourth-order valence-corrected chi connectivity index (χ4v) is 3.79. The number of Topliss-reactive ketones (excluding diaryl/α,β-unsaturated/α-hetero) is 1. The van der Waals surface area contributed by atoms with Gasteiger partial charge < -0.3 is 9.84 Å². The van der Waals surface area contributed by atoms with E-state index in [1.54, 1.807) is 49.4 Å². The van der Waals surface area contributed by atoms with Gasteiger partial charge in [-0.2, -0.15) is 0 Å². The number of pyridine rings is 1. The van der Waals surface area contributed by atoms with Crippen LogP contribution in [0.4, 0.5) is 0 Å². The van der Waals surface area contributed by atoms with Crippen LogP contribution in [0.1, 0.15) is 29.4 Å². The molecule has 0 bridgehead atoms. The maximum atomic E-state index is 13.0. The number of nitrogens with zero attached hydrogens (tertiary/aromatic N) is 3. The lowest BCUT2D eigenvalue weighted by Crippen LogP contribution is -2.24. The molecular weight excluding hydrogens is 470 g/mol. The molecule has 0 fully saturated rings. The van der Waals surface area contributed by atoms with Crippen LogP contribution in [0.15, 0.2) is 65.8 Å². The van der Waals surface area contributed by atoms with Gasteiger partial charge in [-0.05, 0) is 42.0 Å². The summed E-state index contributed by atoms with van der Waals surface area (Å²) in [6.45, 7) is 2.17. The first-order chi connectivity index (χ1) is 16.9. The molecule has 2 heterocycles. The van der Waals surface area contributed by atoms with Crippen LogP contribution in [0.5, 0.6) is 5.75 Å². The second-order valence-corrected chi connectivity index (χ2v) is 8.32. The van der Waals surface area contributed by atoms with Crippen molar-refractivity contribution in [1.29, 1.82) is 0 Å². The molecular formula is C26H22ClN3O5. The summed E-state index contributed by atoms with van der Waals surface area (Å²) in [7, 11) is 0. The molecule has 0 aliphatic carbocycles. The van der Waals surface area contributed by atoms with Crippen molar-refractivity contribution in [2.24, 2.45) is 0 Å². The molecule has 35 heavy (non-hydrogen) atoms. The number of ether oxygens (including phenoxy) is 1. The van der Waals surface area contributed by atoms with Crippen LogP contribution < -0.4 is 10.3 Å². The smallest absolute Gasteiger partial charge is 0.335 e. The number of hydrogen-bond donors (Lipinski definition) is 1. The maximum absolute atomic E-state index is 13.0. The number of aromatic carboxylic acids is 1. The van der Waals surface area contributed by atoms with Crippen molar-refractivity contribution in [1.82, 2.24) is 14.5 Å². The average molecular weight is 492 g/mol. The van der Waals surface area contributed by atoms with Gasteiger partial charge in [-0.15, -0.1) is 0 Å². The second kappa shape index (κ2) is 10.5. The third kappa shape index (κ3) is 5.55. The third-order valence-corrected chi connectivity index (χ3v) is 5.73. The lowest BCUT2D eigenvalue weighted by atomic mass is 10.0. The van der Waals surface area contributed by atoms with Gasteiger partial charge in [0.1, 0.15) is 18.1 Å². The molecule has 0 radical (unpaired) electrons. The summed E-state index contributed by atoms with van der Waals surface area (Å²) in [5.74, 6) is -0.484. The van der Waals surface area contributed by atoms with E-state index in [4.69, 9.17) is 16.3 Å². The molecule has 0 spiro atoms. The van der Waals surface area contributed by atoms with Crippen molar-refractivity contribution in [2.45, 2.75) is 26.3 Å². The molecule has 0 amide bonds. The summed E-state index contributed by atoms with van der Waals surface area (Å²) in [6.07, 6.45) is 3.51. The van der Waals surface area contributed by atoms with Crippen molar-refractivity contribution in [3.05, 3.63) is 87.7 Å². The van der Waals surface area contributed by atoms with Gasteiger partial charge in [0.25, 0.3) is 5.56 Å². The van der Waals surface area contributed by atoms with E-state index in [0.717, 1.165) is 0 Å². The van der Waals surface area contributed by atoms with Crippen LogP contribution in [0.2, 0.25) is 5.02 Å². The summed E-state index contributed by atoms with van der Waals surface area (Å²) in [5, 5.41) is 10.2. The molecule has 0 unspecified atom stereocenters. The first-order valence-electron chi connectivity index (χ1n) is 11.0. The minimum atomic E-state index is -1.03. The predicted octanol–water partition coefficient (Wildman–Crippen LogP) is 4.41. The van der Waals surface area contributed by atoms with E-state index >= 15 is 0 Å². The number of fused-ring (bicyclic) bond motifs is 1. The first-order valence-corrected chi connectivity index (χ1v) is 11.4. The summed E-state index contributed by atoms with van der Waals surface area (Å²) < 4.78 is 7.40. The molecule has 2 aromatic carbocycles. The van der Waals surface area contributed by atoms with Gasteiger partial charge in [0, 0.05) is 29.1 Å². The number of benzene rings is 2. The van der Waals surface area contributed by atoms with Gasteiger partial charge in [-0.1, -0.05) is 30.7 Å². The Morgan fingerprint density at radius 1 is 1.11 bits per heavy atom. The fourth-order valence-electron chi connectivity index (χ4n) is 3.61. The maximum Gasteiger partial charge on any atom is 0.335 e. The van der Waals surface area contributed by atoms with E-state index in [2.05, 4.69) is 9.97 Å². The summed E-state index contributed by atoms with van der Waals surface area (Å²) in [5.41, 5.74) is 2.17. The van der Waals surface area contributed by atoms with Crippen LogP contribution in [0, 0.1) is 0 Å². The average Bonchev–Trinajstić information content (AvgIpc) is 2.86. The number of rotatable bonds is 9. The lowest BCUT2D eigenvalue weighted by molar-refractivity contribution is -0.118. The normalized spacial score (nSPS) is 10.9. The Morgan fingerprint density at radius 2 is 1.94 bits per heavy atom. The first kappa shape index (κ1) is 24.1. The topological polar surface area (TPSA) is 111 Å². The van der Waals surface area contributed by atoms with Gasteiger partial charge >= 0.3 is 5.97 Å². The predicted molar refractivity (Wildman–Crippen MR) is 132 cm³/mol. The van der Waals surface area contributed by atoms with E-state index in [0.29, 0.717) is 44.9 Å². The number of aromatic nitrogens is 3. The molecule has 0 saturated carbocycles. The monoisotopic (exact) mass is 491 g/mol. The lowest BCUT2D eigenvalue weighted by Gasteiger charge is -2.14. The quantitative estimate of drug-likeness (QED) is 0.369. The number of carbonyl (C=O) groups is 2. The highest BCUT2D eigenvalue weighted by atomic mass is 35.5. The van der Waals surface area contributed by atoms with E-state index in [9.17, 15) is 19.5 Å². The largest absolute Gasteiger partial charge is 0.491 e. The number of carboxylic acids is 1. The molecule has 0 atom stereocenters. The Bertz CT molecular complexity index is 1480. The number of halogens is 1. The molecule has 4 aromatic rings. The highest BCUT2D eigenvalue weighted by Crippen LogP contribution is 2.33. The molecule has 4 rings (SSSR count). The molecule has 2 aromatic heterocycles. The zero-order valence-corrected chi connectivity index (χ0v) is 19.7. The van der Waals surface area contributed by atoms with Gasteiger partial charge in [-0.25, -0.2) is 9.78 Å². The second-order valence-electron chi connectivity index (χ2n) is 7.88. The van der Waals surface area contributed by atoms with Crippen LogP contribution in [-0.2, 0) is 17.8 Å². The van der Waals surface area contributed by atoms with Crippen molar-refractivity contribution in [3.8, 4) is 16.9 Å². The SMILES string of the molecule is CCC(=O)Cc1cc2c(=O)n(CCOc3ccc(Cl)cc3-c3cccc(C(=O)O)c3)cnc2cn1. The van der Waals surface area contributed by atoms with Gasteiger partial charge in [0.2, 0.25) is 0 Å². The zero-order valence-electron chi connectivity index (χ0n) is 18.9. The van der Waals surface area contributed by atoms with Crippen LogP contribution in [-0.4, -0.2) is 38.0 Å². The van der Waals surface area contributed by atoms with Crippen molar-refractivity contribution in [3.63, 3.8) is 0 Å². The van der Waals surface area contributed by atoms with Crippen LogP contribution in [0.3, 0.4) is 0 Å². The Morgan fingerprint density at radius 3 is 2.71 bits per heavy atom. The van der Waals surface area contributed by atoms with Gasteiger partial charge in [0.05, 0.1) is 35.5 Å². The number of carboxylic acid groups (broad SMARTS) is 1. The molecule has 0 saturated heterocycles. The Labute approximate surface area is 205 Å².